The number of aryl methyl sites for hydroxylation is 2. The third-order valence-corrected chi connectivity index (χ3v) is 3.67. The molecule has 1 aromatic carbocycles. The molecule has 94 valence electrons. The molecule has 1 aliphatic heterocycles. The molecule has 1 unspecified atom stereocenters. The van der Waals surface area contributed by atoms with E-state index in [1.165, 1.54) is 23.2 Å². The average Bonchev–Trinajstić information content (AvgIpc) is 2.61. The summed E-state index contributed by atoms with van der Waals surface area (Å²) in [5.74, 6) is 0. The lowest BCUT2D eigenvalue weighted by Gasteiger charge is -2.20. The minimum Gasteiger partial charge on any atom is -0.381 e. The zero-order valence-corrected chi connectivity index (χ0v) is 11.4. The Balaban J connectivity index is 2.14. The number of hydrogen-bond acceptors (Lipinski definition) is 2. The number of anilines is 1. The predicted molar refractivity (Wildman–Crippen MR) is 74.7 cm³/mol. The molecule has 2 nitrogen and oxygen atoms in total. The van der Waals surface area contributed by atoms with Crippen LogP contribution in [0, 0.1) is 6.92 Å². The van der Waals surface area contributed by atoms with Crippen LogP contribution in [-0.2, 0) is 6.42 Å². The molecule has 0 bridgehead atoms. The Hall–Kier alpha value is -1.02. The van der Waals surface area contributed by atoms with E-state index in [0.717, 1.165) is 13.0 Å². The van der Waals surface area contributed by atoms with Gasteiger partial charge in [0, 0.05) is 23.8 Å². The van der Waals surface area contributed by atoms with E-state index in [2.05, 4.69) is 56.5 Å². The Morgan fingerprint density at radius 1 is 1.41 bits per heavy atom. The van der Waals surface area contributed by atoms with E-state index in [4.69, 9.17) is 0 Å². The molecule has 17 heavy (non-hydrogen) atoms. The summed E-state index contributed by atoms with van der Waals surface area (Å²) in [6.07, 6.45) is 2.28. The summed E-state index contributed by atoms with van der Waals surface area (Å²) in [4.78, 5) is 0. The normalized spacial score (nSPS) is 22.7. The van der Waals surface area contributed by atoms with Crippen molar-refractivity contribution >= 4 is 5.69 Å². The average molecular weight is 232 g/mol. The molecule has 0 aromatic heterocycles. The molecule has 2 rings (SSSR count). The van der Waals surface area contributed by atoms with Crippen molar-refractivity contribution in [3.63, 3.8) is 0 Å². The summed E-state index contributed by atoms with van der Waals surface area (Å²) in [6, 6.07) is 7.12. The summed E-state index contributed by atoms with van der Waals surface area (Å²) in [5.41, 5.74) is 4.40. The minimum absolute atomic E-state index is 0.271. The molecule has 0 saturated carbocycles. The summed E-state index contributed by atoms with van der Waals surface area (Å²) in [6.45, 7) is 10.0. The second kappa shape index (κ2) is 4.69. The smallest absolute Gasteiger partial charge is 0.0404 e. The van der Waals surface area contributed by atoms with E-state index in [9.17, 15) is 0 Å². The molecule has 1 aromatic rings. The van der Waals surface area contributed by atoms with Crippen molar-refractivity contribution in [3.05, 3.63) is 29.3 Å². The van der Waals surface area contributed by atoms with Gasteiger partial charge in [0.1, 0.15) is 0 Å². The molecule has 0 spiro atoms. The second-order valence-corrected chi connectivity index (χ2v) is 5.77. The van der Waals surface area contributed by atoms with E-state index >= 15 is 0 Å². The van der Waals surface area contributed by atoms with Crippen molar-refractivity contribution in [2.45, 2.75) is 52.1 Å². The molecular weight excluding hydrogens is 208 g/mol. The van der Waals surface area contributed by atoms with Crippen LogP contribution in [0.25, 0.3) is 0 Å². The quantitative estimate of drug-likeness (QED) is 0.836. The Bertz CT molecular complexity index is 396. The molecule has 0 radical (unpaired) electrons. The second-order valence-electron chi connectivity index (χ2n) is 5.77. The molecule has 1 aliphatic rings. The molecule has 1 heterocycles. The molecule has 0 amide bonds. The minimum atomic E-state index is 0.271. The first kappa shape index (κ1) is 12.4. The molecule has 1 atom stereocenters. The number of benzene rings is 1. The first-order chi connectivity index (χ1) is 8.02. The van der Waals surface area contributed by atoms with Crippen LogP contribution in [0.3, 0.4) is 0 Å². The van der Waals surface area contributed by atoms with Gasteiger partial charge in [0.05, 0.1) is 0 Å². The zero-order chi connectivity index (χ0) is 12.5. The van der Waals surface area contributed by atoms with Crippen molar-refractivity contribution in [2.24, 2.45) is 0 Å². The number of hydrogen-bond donors (Lipinski definition) is 2. The highest BCUT2D eigenvalue weighted by atomic mass is 15.1. The lowest BCUT2D eigenvalue weighted by atomic mass is 10.00. The third kappa shape index (κ3) is 2.81. The first-order valence-corrected chi connectivity index (χ1v) is 6.62. The Labute approximate surface area is 105 Å². The van der Waals surface area contributed by atoms with E-state index in [1.54, 1.807) is 0 Å². The Morgan fingerprint density at radius 3 is 2.76 bits per heavy atom. The van der Waals surface area contributed by atoms with E-state index < -0.39 is 0 Å². The largest absolute Gasteiger partial charge is 0.381 e. The topological polar surface area (TPSA) is 24.1 Å². The van der Waals surface area contributed by atoms with Crippen molar-refractivity contribution in [3.8, 4) is 0 Å². The van der Waals surface area contributed by atoms with Gasteiger partial charge in [-0.15, -0.1) is 0 Å². The van der Waals surface area contributed by atoms with Crippen LogP contribution in [0.1, 0.15) is 38.3 Å². The highest BCUT2D eigenvalue weighted by molar-refractivity contribution is 5.58. The van der Waals surface area contributed by atoms with Gasteiger partial charge in [-0.05, 0) is 44.7 Å². The zero-order valence-electron chi connectivity index (χ0n) is 11.4. The fourth-order valence-electron chi connectivity index (χ4n) is 2.70. The van der Waals surface area contributed by atoms with Gasteiger partial charge in [0.25, 0.3) is 0 Å². The van der Waals surface area contributed by atoms with Crippen molar-refractivity contribution in [2.75, 3.05) is 11.9 Å². The fourth-order valence-corrected chi connectivity index (χ4v) is 2.70. The summed E-state index contributed by atoms with van der Waals surface area (Å²) >= 11 is 0. The van der Waals surface area contributed by atoms with Crippen LogP contribution in [0.5, 0.6) is 0 Å². The third-order valence-electron chi connectivity index (χ3n) is 3.67. The van der Waals surface area contributed by atoms with Crippen LogP contribution in [0.4, 0.5) is 5.69 Å². The molecule has 2 N–H and O–H groups in total. The molecule has 2 heteroatoms. The van der Waals surface area contributed by atoms with E-state index in [-0.39, 0.29) is 5.54 Å². The monoisotopic (exact) mass is 232 g/mol. The van der Waals surface area contributed by atoms with Gasteiger partial charge in [-0.3, -0.25) is 0 Å². The van der Waals surface area contributed by atoms with Gasteiger partial charge in [0.2, 0.25) is 0 Å². The van der Waals surface area contributed by atoms with Crippen LogP contribution >= 0.6 is 0 Å². The predicted octanol–water partition coefficient (Wildman–Crippen LogP) is 3.11. The maximum atomic E-state index is 3.72. The van der Waals surface area contributed by atoms with Crippen molar-refractivity contribution in [1.82, 2.24) is 5.32 Å². The molecule has 1 fully saturated rings. The summed E-state index contributed by atoms with van der Waals surface area (Å²) < 4.78 is 0. The van der Waals surface area contributed by atoms with Gasteiger partial charge in [-0.25, -0.2) is 0 Å². The standard InChI is InChI=1S/C15H24N2/c1-5-12-8-6-7-11(2)14(12)17-13-9-15(3,4)16-10-13/h6-8,13,16-17H,5,9-10H2,1-4H3. The van der Waals surface area contributed by atoms with Crippen molar-refractivity contribution in [1.29, 1.82) is 0 Å². The van der Waals surface area contributed by atoms with Crippen LogP contribution in [0.15, 0.2) is 18.2 Å². The number of para-hydroxylation sites is 1. The molecular formula is C15H24N2. The van der Waals surface area contributed by atoms with Gasteiger partial charge >= 0.3 is 0 Å². The van der Waals surface area contributed by atoms with Gasteiger partial charge in [0.15, 0.2) is 0 Å². The Morgan fingerprint density at radius 2 is 2.18 bits per heavy atom. The van der Waals surface area contributed by atoms with Gasteiger partial charge in [-0.2, -0.15) is 0 Å². The fraction of sp³-hybridized carbons (Fsp3) is 0.600. The summed E-state index contributed by atoms with van der Waals surface area (Å²) in [5, 5.41) is 7.28. The maximum Gasteiger partial charge on any atom is 0.0404 e. The van der Waals surface area contributed by atoms with Crippen molar-refractivity contribution < 1.29 is 0 Å². The van der Waals surface area contributed by atoms with E-state index in [0.29, 0.717) is 6.04 Å². The van der Waals surface area contributed by atoms with Crippen LogP contribution in [-0.4, -0.2) is 18.1 Å². The summed E-state index contributed by atoms with van der Waals surface area (Å²) in [7, 11) is 0. The first-order valence-electron chi connectivity index (χ1n) is 6.62. The maximum absolute atomic E-state index is 3.72. The molecule has 0 aliphatic carbocycles. The number of nitrogens with one attached hydrogen (secondary N) is 2. The van der Waals surface area contributed by atoms with E-state index in [1.807, 2.05) is 0 Å². The van der Waals surface area contributed by atoms with Gasteiger partial charge in [-0.1, -0.05) is 25.1 Å². The highest BCUT2D eigenvalue weighted by Crippen LogP contribution is 2.26. The highest BCUT2D eigenvalue weighted by Gasteiger charge is 2.30. The lowest BCUT2D eigenvalue weighted by Crippen LogP contribution is -2.31. The SMILES string of the molecule is CCc1cccc(C)c1NC1CNC(C)(C)C1. The van der Waals surface area contributed by atoms with Crippen LogP contribution < -0.4 is 10.6 Å². The van der Waals surface area contributed by atoms with Gasteiger partial charge < -0.3 is 10.6 Å². The lowest BCUT2D eigenvalue weighted by molar-refractivity contribution is 0.457. The molecule has 1 saturated heterocycles. The number of rotatable bonds is 3. The van der Waals surface area contributed by atoms with Crippen LogP contribution in [0.2, 0.25) is 0 Å². The Kier molecular flexibility index (Phi) is 3.43.